The lowest BCUT2D eigenvalue weighted by atomic mass is 9.93. The lowest BCUT2D eigenvalue weighted by Crippen LogP contribution is -2.15. The van der Waals surface area contributed by atoms with Gasteiger partial charge in [-0.1, -0.05) is 0 Å². The molecule has 2 rings (SSSR count). The molecule has 1 heterocycles. The molecule has 58 valence electrons. The van der Waals surface area contributed by atoms with Crippen molar-refractivity contribution in [2.24, 2.45) is 17.8 Å². The summed E-state index contributed by atoms with van der Waals surface area (Å²) in [5.41, 5.74) is 0. The second-order valence-electron chi connectivity index (χ2n) is 3.57. The van der Waals surface area contributed by atoms with Gasteiger partial charge in [-0.2, -0.15) is 0 Å². The molecule has 1 saturated heterocycles. The van der Waals surface area contributed by atoms with E-state index in [1.807, 2.05) is 0 Å². The Morgan fingerprint density at radius 2 is 2.10 bits per heavy atom. The van der Waals surface area contributed by atoms with Crippen molar-refractivity contribution >= 4 is 0 Å². The fraction of sp³-hybridized carbons (Fsp3) is 1.00. The maximum atomic E-state index is 12.3. The Kier molecular flexibility index (Phi) is 1.65. The van der Waals surface area contributed by atoms with Crippen molar-refractivity contribution in [3.8, 4) is 0 Å². The van der Waals surface area contributed by atoms with E-state index in [4.69, 9.17) is 0 Å². The van der Waals surface area contributed by atoms with Crippen molar-refractivity contribution in [3.63, 3.8) is 0 Å². The SMILES string of the molecule is FCC1CNCC1C1CC1. The number of nitrogens with one attached hydrogen (secondary N) is 1. The summed E-state index contributed by atoms with van der Waals surface area (Å²) in [6, 6.07) is 0. The molecule has 2 heteroatoms. The Labute approximate surface area is 61.0 Å². The van der Waals surface area contributed by atoms with Gasteiger partial charge >= 0.3 is 0 Å². The number of alkyl halides is 1. The van der Waals surface area contributed by atoms with Crippen LogP contribution in [-0.2, 0) is 0 Å². The Hall–Kier alpha value is -0.110. The first-order valence-corrected chi connectivity index (χ1v) is 4.18. The normalized spacial score (nSPS) is 40.5. The van der Waals surface area contributed by atoms with Crippen molar-refractivity contribution in [2.75, 3.05) is 19.8 Å². The van der Waals surface area contributed by atoms with Gasteiger partial charge in [0, 0.05) is 12.5 Å². The van der Waals surface area contributed by atoms with Crippen LogP contribution in [0.25, 0.3) is 0 Å². The molecule has 0 amide bonds. The van der Waals surface area contributed by atoms with Gasteiger partial charge in [0.25, 0.3) is 0 Å². The maximum absolute atomic E-state index is 12.3. The van der Waals surface area contributed by atoms with Gasteiger partial charge in [0.2, 0.25) is 0 Å². The van der Waals surface area contributed by atoms with Crippen molar-refractivity contribution in [1.82, 2.24) is 5.32 Å². The molecule has 1 saturated carbocycles. The minimum Gasteiger partial charge on any atom is -0.316 e. The standard InChI is InChI=1S/C8H14FN/c9-3-7-4-10-5-8(7)6-1-2-6/h6-8,10H,1-5H2. The van der Waals surface area contributed by atoms with Crippen LogP contribution < -0.4 is 5.32 Å². The van der Waals surface area contributed by atoms with Gasteiger partial charge in [0.1, 0.15) is 0 Å². The van der Waals surface area contributed by atoms with Crippen molar-refractivity contribution < 1.29 is 4.39 Å². The molecule has 0 spiro atoms. The lowest BCUT2D eigenvalue weighted by Gasteiger charge is -2.12. The zero-order valence-corrected chi connectivity index (χ0v) is 6.15. The average molecular weight is 143 g/mol. The number of halogens is 1. The summed E-state index contributed by atoms with van der Waals surface area (Å²) in [4.78, 5) is 0. The number of hydrogen-bond donors (Lipinski definition) is 1. The lowest BCUT2D eigenvalue weighted by molar-refractivity contribution is 0.292. The first kappa shape index (κ1) is 6.59. The van der Waals surface area contributed by atoms with Crippen molar-refractivity contribution in [1.29, 1.82) is 0 Å². The van der Waals surface area contributed by atoms with Crippen LogP contribution in [0.2, 0.25) is 0 Å². The molecule has 1 aliphatic heterocycles. The van der Waals surface area contributed by atoms with Gasteiger partial charge in [0.05, 0.1) is 6.67 Å². The third kappa shape index (κ3) is 1.05. The van der Waals surface area contributed by atoms with E-state index in [2.05, 4.69) is 5.32 Å². The Morgan fingerprint density at radius 1 is 1.30 bits per heavy atom. The quantitative estimate of drug-likeness (QED) is 0.612. The largest absolute Gasteiger partial charge is 0.316 e. The molecule has 1 N–H and O–H groups in total. The molecule has 1 nitrogen and oxygen atoms in total. The van der Waals surface area contributed by atoms with Crippen LogP contribution in [0.15, 0.2) is 0 Å². The van der Waals surface area contributed by atoms with Gasteiger partial charge in [-0.25, -0.2) is 0 Å². The van der Waals surface area contributed by atoms with Gasteiger partial charge in [0.15, 0.2) is 0 Å². The summed E-state index contributed by atoms with van der Waals surface area (Å²) in [5, 5.41) is 3.25. The van der Waals surface area contributed by atoms with Gasteiger partial charge in [-0.05, 0) is 31.2 Å². The van der Waals surface area contributed by atoms with Crippen LogP contribution in [0.3, 0.4) is 0 Å². The van der Waals surface area contributed by atoms with E-state index in [0.29, 0.717) is 11.8 Å². The fourth-order valence-corrected chi connectivity index (χ4v) is 2.00. The average Bonchev–Trinajstić information content (AvgIpc) is 2.69. The molecular weight excluding hydrogens is 129 g/mol. The predicted octanol–water partition coefficient (Wildman–Crippen LogP) is 1.20. The first-order valence-electron chi connectivity index (χ1n) is 4.18. The molecule has 0 aromatic heterocycles. The molecule has 1 aliphatic carbocycles. The molecular formula is C8H14FN. The summed E-state index contributed by atoms with van der Waals surface area (Å²) in [5.74, 6) is 1.88. The molecule has 0 radical (unpaired) electrons. The van der Waals surface area contributed by atoms with Crippen LogP contribution >= 0.6 is 0 Å². The van der Waals surface area contributed by atoms with Crippen LogP contribution in [0.5, 0.6) is 0 Å². The van der Waals surface area contributed by atoms with Crippen LogP contribution in [0.1, 0.15) is 12.8 Å². The van der Waals surface area contributed by atoms with E-state index in [9.17, 15) is 4.39 Å². The summed E-state index contributed by atoms with van der Waals surface area (Å²) in [7, 11) is 0. The smallest absolute Gasteiger partial charge is 0.0937 e. The fourth-order valence-electron chi connectivity index (χ4n) is 2.00. The van der Waals surface area contributed by atoms with Crippen LogP contribution in [0, 0.1) is 17.8 Å². The Balaban J connectivity index is 1.91. The zero-order valence-electron chi connectivity index (χ0n) is 6.15. The number of hydrogen-bond acceptors (Lipinski definition) is 1. The highest BCUT2D eigenvalue weighted by Crippen LogP contribution is 2.41. The van der Waals surface area contributed by atoms with E-state index in [1.54, 1.807) is 0 Å². The van der Waals surface area contributed by atoms with E-state index in [1.165, 1.54) is 12.8 Å². The molecule has 10 heavy (non-hydrogen) atoms. The Morgan fingerprint density at radius 3 is 2.70 bits per heavy atom. The summed E-state index contributed by atoms with van der Waals surface area (Å²) in [6.07, 6.45) is 2.70. The molecule has 0 aromatic carbocycles. The van der Waals surface area contributed by atoms with E-state index < -0.39 is 0 Å². The molecule has 0 aromatic rings. The van der Waals surface area contributed by atoms with Crippen LogP contribution in [-0.4, -0.2) is 19.8 Å². The van der Waals surface area contributed by atoms with Crippen LogP contribution in [0.4, 0.5) is 4.39 Å². The van der Waals surface area contributed by atoms with E-state index in [0.717, 1.165) is 19.0 Å². The third-order valence-corrected chi connectivity index (χ3v) is 2.82. The second-order valence-corrected chi connectivity index (χ2v) is 3.57. The summed E-state index contributed by atoms with van der Waals surface area (Å²) in [6.45, 7) is 1.87. The van der Waals surface area contributed by atoms with E-state index in [-0.39, 0.29) is 6.67 Å². The minimum absolute atomic E-state index is 0.117. The third-order valence-electron chi connectivity index (χ3n) is 2.82. The van der Waals surface area contributed by atoms with Gasteiger partial charge in [-0.15, -0.1) is 0 Å². The second kappa shape index (κ2) is 2.50. The molecule has 2 fully saturated rings. The van der Waals surface area contributed by atoms with Crippen molar-refractivity contribution in [3.05, 3.63) is 0 Å². The maximum Gasteiger partial charge on any atom is 0.0937 e. The van der Waals surface area contributed by atoms with Crippen molar-refractivity contribution in [2.45, 2.75) is 12.8 Å². The topological polar surface area (TPSA) is 12.0 Å². The Bertz CT molecular complexity index is 122. The zero-order chi connectivity index (χ0) is 6.97. The highest BCUT2D eigenvalue weighted by molar-refractivity contribution is 4.91. The monoisotopic (exact) mass is 143 g/mol. The molecule has 2 unspecified atom stereocenters. The van der Waals surface area contributed by atoms with Gasteiger partial charge in [-0.3, -0.25) is 4.39 Å². The highest BCUT2D eigenvalue weighted by atomic mass is 19.1. The molecule has 2 atom stereocenters. The van der Waals surface area contributed by atoms with E-state index >= 15 is 0 Å². The summed E-state index contributed by atoms with van der Waals surface area (Å²) >= 11 is 0. The summed E-state index contributed by atoms with van der Waals surface area (Å²) < 4.78 is 12.3. The molecule has 0 bridgehead atoms. The minimum atomic E-state index is -0.117. The van der Waals surface area contributed by atoms with Gasteiger partial charge < -0.3 is 5.32 Å². The first-order chi connectivity index (χ1) is 4.92. The predicted molar refractivity (Wildman–Crippen MR) is 38.5 cm³/mol. The molecule has 2 aliphatic rings. The number of rotatable bonds is 2. The highest BCUT2D eigenvalue weighted by Gasteiger charge is 2.38.